The van der Waals surface area contributed by atoms with Gasteiger partial charge in [0.25, 0.3) is 5.91 Å². The van der Waals surface area contributed by atoms with Crippen LogP contribution in [0.2, 0.25) is 0 Å². The fourth-order valence-corrected chi connectivity index (χ4v) is 2.91. The molecule has 0 saturated carbocycles. The van der Waals surface area contributed by atoms with E-state index in [-0.39, 0.29) is 36.8 Å². The van der Waals surface area contributed by atoms with Crippen LogP contribution in [0.1, 0.15) is 21.5 Å². The smallest absolute Gasteiger partial charge is 0.254 e. The van der Waals surface area contributed by atoms with E-state index in [9.17, 15) is 4.79 Å². The first-order chi connectivity index (χ1) is 9.74. The van der Waals surface area contributed by atoms with Gasteiger partial charge >= 0.3 is 0 Å². The minimum Gasteiger partial charge on any atom is -0.399 e. The number of nitrogen functional groups attached to an aromatic ring is 1. The van der Waals surface area contributed by atoms with Crippen molar-refractivity contribution in [1.29, 1.82) is 0 Å². The highest BCUT2D eigenvalue weighted by Gasteiger charge is 2.27. The summed E-state index contributed by atoms with van der Waals surface area (Å²) in [6.45, 7) is 1.65. The second-order valence-electron chi connectivity index (χ2n) is 4.61. The highest BCUT2D eigenvalue weighted by Crippen LogP contribution is 2.24. The number of aromatic nitrogens is 1. The standard InChI is InChI=1S/C14H15N3O2S.2ClH/c15-11-3-1-2-10(8-11)14(18)17-5-6-19-12(9-17)13-16-4-7-20-13;;/h1-4,7-8,12H,5-6,9,15H2;2*1H. The van der Waals surface area contributed by atoms with E-state index >= 15 is 0 Å². The second kappa shape index (κ2) is 8.33. The van der Waals surface area contributed by atoms with Crippen LogP contribution in [0.15, 0.2) is 35.8 Å². The topological polar surface area (TPSA) is 68.5 Å². The number of ether oxygens (including phenoxy) is 1. The Bertz CT molecular complexity index is 610. The van der Waals surface area contributed by atoms with Gasteiger partial charge in [0.15, 0.2) is 0 Å². The van der Waals surface area contributed by atoms with Crippen molar-refractivity contribution in [2.45, 2.75) is 6.10 Å². The molecule has 1 aromatic carbocycles. The van der Waals surface area contributed by atoms with E-state index in [2.05, 4.69) is 4.98 Å². The summed E-state index contributed by atoms with van der Waals surface area (Å²) in [6, 6.07) is 7.05. The number of amides is 1. The number of hydrogen-bond acceptors (Lipinski definition) is 5. The lowest BCUT2D eigenvalue weighted by Gasteiger charge is -2.32. The highest BCUT2D eigenvalue weighted by molar-refractivity contribution is 7.09. The summed E-state index contributed by atoms with van der Waals surface area (Å²) in [6.07, 6.45) is 1.62. The van der Waals surface area contributed by atoms with Gasteiger partial charge in [-0.05, 0) is 18.2 Å². The van der Waals surface area contributed by atoms with Gasteiger partial charge in [-0.25, -0.2) is 4.98 Å². The molecule has 2 heterocycles. The monoisotopic (exact) mass is 361 g/mol. The van der Waals surface area contributed by atoms with E-state index < -0.39 is 0 Å². The lowest BCUT2D eigenvalue weighted by molar-refractivity contribution is -0.0228. The first-order valence-electron chi connectivity index (χ1n) is 6.40. The number of thiazole rings is 1. The molecule has 1 aliphatic rings. The number of carbonyl (C=O) groups is 1. The van der Waals surface area contributed by atoms with Gasteiger partial charge in [-0.3, -0.25) is 4.79 Å². The first kappa shape index (κ1) is 18.7. The van der Waals surface area contributed by atoms with Gasteiger partial charge in [0, 0.05) is 29.4 Å². The van der Waals surface area contributed by atoms with Crippen LogP contribution >= 0.6 is 36.2 Å². The molecular weight excluding hydrogens is 345 g/mol. The third kappa shape index (κ3) is 4.10. The number of nitrogens with zero attached hydrogens (tertiary/aromatic N) is 2. The van der Waals surface area contributed by atoms with Crippen LogP contribution in [-0.2, 0) is 4.74 Å². The van der Waals surface area contributed by atoms with Crippen molar-refractivity contribution in [3.8, 4) is 0 Å². The van der Waals surface area contributed by atoms with Crippen LogP contribution in [0.4, 0.5) is 5.69 Å². The zero-order valence-corrected chi connectivity index (χ0v) is 14.1. The number of nitrogens with two attached hydrogens (primary N) is 1. The van der Waals surface area contributed by atoms with Gasteiger partial charge in [0.05, 0.1) is 13.2 Å². The van der Waals surface area contributed by atoms with E-state index in [4.69, 9.17) is 10.5 Å². The zero-order valence-electron chi connectivity index (χ0n) is 11.7. The molecule has 1 aromatic heterocycles. The molecule has 1 fully saturated rings. The molecule has 0 spiro atoms. The van der Waals surface area contributed by atoms with Gasteiger partial charge in [0.1, 0.15) is 11.1 Å². The largest absolute Gasteiger partial charge is 0.399 e. The lowest BCUT2D eigenvalue weighted by Crippen LogP contribution is -2.42. The van der Waals surface area contributed by atoms with E-state index in [1.54, 1.807) is 46.7 Å². The van der Waals surface area contributed by atoms with Crippen molar-refractivity contribution in [2.24, 2.45) is 0 Å². The Hall–Kier alpha value is -1.34. The Morgan fingerprint density at radius 1 is 1.41 bits per heavy atom. The summed E-state index contributed by atoms with van der Waals surface area (Å²) >= 11 is 1.55. The quantitative estimate of drug-likeness (QED) is 0.835. The molecule has 8 heteroatoms. The van der Waals surface area contributed by atoms with E-state index in [0.717, 1.165) is 5.01 Å². The fraction of sp³-hybridized carbons (Fsp3) is 0.286. The van der Waals surface area contributed by atoms with Gasteiger partial charge in [-0.2, -0.15) is 0 Å². The lowest BCUT2D eigenvalue weighted by atomic mass is 10.1. The Kier molecular flexibility index (Phi) is 7.09. The molecule has 2 N–H and O–H groups in total. The predicted octanol–water partition coefficient (Wildman–Crippen LogP) is 2.78. The Morgan fingerprint density at radius 2 is 2.23 bits per heavy atom. The molecule has 22 heavy (non-hydrogen) atoms. The molecule has 5 nitrogen and oxygen atoms in total. The number of morpholine rings is 1. The van der Waals surface area contributed by atoms with E-state index in [1.165, 1.54) is 0 Å². The van der Waals surface area contributed by atoms with Crippen LogP contribution in [-0.4, -0.2) is 35.5 Å². The highest BCUT2D eigenvalue weighted by atomic mass is 35.5. The summed E-state index contributed by atoms with van der Waals surface area (Å²) in [7, 11) is 0. The van der Waals surface area contributed by atoms with Crippen LogP contribution in [0.25, 0.3) is 0 Å². The summed E-state index contributed by atoms with van der Waals surface area (Å²) in [5.41, 5.74) is 6.94. The van der Waals surface area contributed by atoms with Gasteiger partial charge < -0.3 is 15.4 Å². The summed E-state index contributed by atoms with van der Waals surface area (Å²) in [4.78, 5) is 18.5. The molecule has 3 rings (SSSR count). The van der Waals surface area contributed by atoms with Crippen molar-refractivity contribution in [2.75, 3.05) is 25.4 Å². The van der Waals surface area contributed by atoms with Crippen molar-refractivity contribution in [1.82, 2.24) is 9.88 Å². The van der Waals surface area contributed by atoms with Crippen LogP contribution in [0.3, 0.4) is 0 Å². The Morgan fingerprint density at radius 3 is 2.91 bits per heavy atom. The van der Waals surface area contributed by atoms with Crippen molar-refractivity contribution in [3.05, 3.63) is 46.4 Å². The maximum Gasteiger partial charge on any atom is 0.254 e. The normalized spacial score (nSPS) is 17.3. The first-order valence-corrected chi connectivity index (χ1v) is 7.28. The van der Waals surface area contributed by atoms with Crippen molar-refractivity contribution < 1.29 is 9.53 Å². The number of hydrogen-bond donors (Lipinski definition) is 1. The predicted molar refractivity (Wildman–Crippen MR) is 92.1 cm³/mol. The second-order valence-corrected chi connectivity index (χ2v) is 5.53. The molecule has 0 aliphatic carbocycles. The number of carbonyl (C=O) groups excluding carboxylic acids is 1. The maximum atomic E-state index is 12.5. The molecule has 120 valence electrons. The number of halogens is 2. The third-order valence-corrected chi connectivity index (χ3v) is 4.08. The van der Waals surface area contributed by atoms with Crippen molar-refractivity contribution >= 4 is 47.7 Å². The van der Waals surface area contributed by atoms with Gasteiger partial charge in [-0.1, -0.05) is 6.07 Å². The molecular formula is C14H17Cl2N3O2S. The summed E-state index contributed by atoms with van der Waals surface area (Å²) in [5.74, 6) is -0.0119. The molecule has 1 unspecified atom stereocenters. The molecule has 1 saturated heterocycles. The molecule has 2 aromatic rings. The third-order valence-electron chi connectivity index (χ3n) is 3.21. The minimum absolute atomic E-state index is 0. The molecule has 1 aliphatic heterocycles. The fourth-order valence-electron chi connectivity index (χ4n) is 2.23. The number of anilines is 1. The molecule has 1 atom stereocenters. The maximum absolute atomic E-state index is 12.5. The Labute approximate surface area is 145 Å². The number of benzene rings is 1. The molecule has 1 amide bonds. The molecule has 0 bridgehead atoms. The zero-order chi connectivity index (χ0) is 13.9. The average Bonchev–Trinajstić information content (AvgIpc) is 3.01. The summed E-state index contributed by atoms with van der Waals surface area (Å²) in [5, 5.41) is 2.83. The SMILES string of the molecule is Cl.Cl.Nc1cccc(C(=O)N2CCOC(c3nccs3)C2)c1. The van der Waals surface area contributed by atoms with Gasteiger partial charge in [-0.15, -0.1) is 36.2 Å². The average molecular weight is 362 g/mol. The van der Waals surface area contributed by atoms with Crippen LogP contribution in [0, 0.1) is 0 Å². The van der Waals surface area contributed by atoms with Crippen LogP contribution in [0.5, 0.6) is 0 Å². The van der Waals surface area contributed by atoms with E-state index in [1.807, 2.05) is 5.38 Å². The van der Waals surface area contributed by atoms with Gasteiger partial charge in [0.2, 0.25) is 0 Å². The minimum atomic E-state index is -0.131. The van der Waals surface area contributed by atoms with Crippen LogP contribution < -0.4 is 5.73 Å². The summed E-state index contributed by atoms with van der Waals surface area (Å²) < 4.78 is 5.69. The molecule has 0 radical (unpaired) electrons. The number of rotatable bonds is 2. The Balaban J connectivity index is 0.00000121. The van der Waals surface area contributed by atoms with E-state index in [0.29, 0.717) is 30.9 Å². The van der Waals surface area contributed by atoms with Crippen molar-refractivity contribution in [3.63, 3.8) is 0 Å².